The summed E-state index contributed by atoms with van der Waals surface area (Å²) in [5, 5.41) is 3.16. The summed E-state index contributed by atoms with van der Waals surface area (Å²) in [6.45, 7) is 3.20. The standard InChI is InChI=1S/C15H21N3O6S/c1-10-5-12(16-24-10)14(19)17-7-11-6-13-15(8-17,23-11)9-18(3-4-22-2)25(13,20)21/h5,11,13H,3-4,6-9H2,1-2H3/t11-,13+,15+/m1/s1. The molecule has 0 aliphatic carbocycles. The summed E-state index contributed by atoms with van der Waals surface area (Å²) in [4.78, 5) is 14.3. The van der Waals surface area contributed by atoms with Crippen LogP contribution in [0.2, 0.25) is 0 Å². The highest BCUT2D eigenvalue weighted by Gasteiger charge is 2.65. The van der Waals surface area contributed by atoms with Crippen LogP contribution >= 0.6 is 0 Å². The fourth-order valence-corrected chi connectivity index (χ4v) is 6.42. The van der Waals surface area contributed by atoms with E-state index in [1.807, 2.05) is 0 Å². The highest BCUT2D eigenvalue weighted by molar-refractivity contribution is 7.90. The number of hydrogen-bond acceptors (Lipinski definition) is 7. The normalized spacial score (nSPS) is 33.6. The molecule has 0 N–H and O–H groups in total. The van der Waals surface area contributed by atoms with Gasteiger partial charge in [0.15, 0.2) is 5.69 Å². The smallest absolute Gasteiger partial charge is 0.276 e. The van der Waals surface area contributed by atoms with E-state index < -0.39 is 20.9 Å². The topological polar surface area (TPSA) is 102 Å². The summed E-state index contributed by atoms with van der Waals surface area (Å²) in [6.07, 6.45) is 0.142. The van der Waals surface area contributed by atoms with Crippen LogP contribution in [0.5, 0.6) is 0 Å². The van der Waals surface area contributed by atoms with Crippen molar-refractivity contribution >= 4 is 15.9 Å². The molecule has 1 amide bonds. The number of rotatable bonds is 4. The van der Waals surface area contributed by atoms with Crippen LogP contribution in [0.4, 0.5) is 0 Å². The Hall–Kier alpha value is -1.49. The van der Waals surface area contributed by atoms with Crippen LogP contribution in [-0.4, -0.2) is 85.5 Å². The van der Waals surface area contributed by atoms with Gasteiger partial charge in [0.2, 0.25) is 10.0 Å². The molecule has 3 aliphatic heterocycles. The van der Waals surface area contributed by atoms with Crippen molar-refractivity contribution in [3.8, 4) is 0 Å². The zero-order valence-electron chi connectivity index (χ0n) is 14.2. The molecule has 0 unspecified atom stereocenters. The van der Waals surface area contributed by atoms with Crippen molar-refractivity contribution in [2.45, 2.75) is 30.3 Å². The molecule has 0 radical (unpaired) electrons. The first-order valence-electron chi connectivity index (χ1n) is 8.24. The fraction of sp³-hybridized carbons (Fsp3) is 0.733. The van der Waals surface area contributed by atoms with Gasteiger partial charge in [-0.2, -0.15) is 4.31 Å². The number of carbonyl (C=O) groups excluding carboxylic acids is 1. The van der Waals surface area contributed by atoms with Crippen molar-refractivity contribution in [3.63, 3.8) is 0 Å². The third kappa shape index (κ3) is 2.59. The van der Waals surface area contributed by atoms with Gasteiger partial charge in [-0.3, -0.25) is 4.79 Å². The first-order valence-corrected chi connectivity index (χ1v) is 9.74. The molecule has 3 saturated heterocycles. The Morgan fingerprint density at radius 3 is 2.96 bits per heavy atom. The van der Waals surface area contributed by atoms with E-state index in [4.69, 9.17) is 14.0 Å². The second-order valence-electron chi connectivity index (χ2n) is 6.91. The SMILES string of the molecule is COCCN1C[C@@]23CN(C(=O)c4cc(C)on4)C[C@@H](C[C@@H]2S1(=O)=O)O3. The van der Waals surface area contributed by atoms with Crippen LogP contribution in [0.15, 0.2) is 10.6 Å². The van der Waals surface area contributed by atoms with E-state index in [2.05, 4.69) is 5.16 Å². The summed E-state index contributed by atoms with van der Waals surface area (Å²) in [6, 6.07) is 1.59. The molecule has 9 nitrogen and oxygen atoms in total. The van der Waals surface area contributed by atoms with E-state index in [1.54, 1.807) is 17.9 Å². The van der Waals surface area contributed by atoms with Gasteiger partial charge in [0.1, 0.15) is 16.6 Å². The van der Waals surface area contributed by atoms with Crippen molar-refractivity contribution in [2.24, 2.45) is 0 Å². The minimum Gasteiger partial charge on any atom is -0.383 e. The zero-order valence-corrected chi connectivity index (χ0v) is 15.0. The van der Waals surface area contributed by atoms with E-state index in [1.165, 1.54) is 11.4 Å². The molecule has 3 aliphatic rings. The Bertz CT molecular complexity index is 793. The molecule has 3 fully saturated rings. The molecule has 1 aromatic heterocycles. The molecular formula is C15H21N3O6S. The molecule has 0 saturated carbocycles. The fourth-order valence-electron chi connectivity index (χ4n) is 4.13. The third-order valence-electron chi connectivity index (χ3n) is 5.19. The number of methoxy groups -OCH3 is 1. The van der Waals surface area contributed by atoms with E-state index in [-0.39, 0.29) is 30.8 Å². The molecular weight excluding hydrogens is 350 g/mol. The molecule has 1 spiro atoms. The Labute approximate surface area is 145 Å². The van der Waals surface area contributed by atoms with Gasteiger partial charge >= 0.3 is 0 Å². The molecule has 138 valence electrons. The lowest BCUT2D eigenvalue weighted by Gasteiger charge is -2.39. The van der Waals surface area contributed by atoms with Crippen molar-refractivity contribution in [1.29, 1.82) is 0 Å². The van der Waals surface area contributed by atoms with Crippen molar-refractivity contribution in [1.82, 2.24) is 14.4 Å². The number of morpholine rings is 1. The van der Waals surface area contributed by atoms with Gasteiger partial charge in [-0.05, 0) is 13.3 Å². The second-order valence-corrected chi connectivity index (χ2v) is 9.02. The van der Waals surface area contributed by atoms with Gasteiger partial charge in [-0.25, -0.2) is 8.42 Å². The van der Waals surface area contributed by atoms with Gasteiger partial charge in [-0.15, -0.1) is 0 Å². The minimum absolute atomic E-state index is 0.238. The Kier molecular flexibility index (Phi) is 3.91. The van der Waals surface area contributed by atoms with Gasteiger partial charge in [0.05, 0.1) is 19.3 Å². The minimum atomic E-state index is -3.45. The number of ether oxygens (including phenoxy) is 2. The summed E-state index contributed by atoms with van der Waals surface area (Å²) in [7, 11) is -1.92. The van der Waals surface area contributed by atoms with Crippen molar-refractivity contribution in [2.75, 3.05) is 39.9 Å². The number of aromatic nitrogens is 1. The number of sulfonamides is 1. The number of hydrogen-bond donors (Lipinski definition) is 0. The maximum Gasteiger partial charge on any atom is 0.276 e. The van der Waals surface area contributed by atoms with Crippen LogP contribution < -0.4 is 0 Å². The molecule has 1 aromatic rings. The molecule has 25 heavy (non-hydrogen) atoms. The van der Waals surface area contributed by atoms with Crippen molar-refractivity contribution < 1.29 is 27.2 Å². The quantitative estimate of drug-likeness (QED) is 0.711. The van der Waals surface area contributed by atoms with Crippen molar-refractivity contribution in [3.05, 3.63) is 17.5 Å². The Morgan fingerprint density at radius 1 is 1.48 bits per heavy atom. The van der Waals surface area contributed by atoms with Gasteiger partial charge in [-0.1, -0.05) is 5.16 Å². The number of carbonyl (C=O) groups is 1. The first-order chi connectivity index (χ1) is 11.9. The first kappa shape index (κ1) is 17.0. The zero-order chi connectivity index (χ0) is 17.8. The van der Waals surface area contributed by atoms with Gasteiger partial charge < -0.3 is 18.9 Å². The molecule has 0 aromatic carbocycles. The third-order valence-corrected chi connectivity index (χ3v) is 7.56. The predicted octanol–water partition coefficient (Wildman–Crippen LogP) is -0.373. The monoisotopic (exact) mass is 371 g/mol. The van der Waals surface area contributed by atoms with Crippen LogP contribution in [0.3, 0.4) is 0 Å². The lowest BCUT2D eigenvalue weighted by Crippen LogP contribution is -2.56. The lowest BCUT2D eigenvalue weighted by atomic mass is 9.99. The number of aryl methyl sites for hydroxylation is 1. The lowest BCUT2D eigenvalue weighted by molar-refractivity contribution is -0.0982. The highest BCUT2D eigenvalue weighted by Crippen LogP contribution is 2.46. The predicted molar refractivity (Wildman–Crippen MR) is 85.5 cm³/mol. The molecule has 3 atom stereocenters. The number of amides is 1. The van der Waals surface area contributed by atoms with Gasteiger partial charge in [0.25, 0.3) is 5.91 Å². The average molecular weight is 371 g/mol. The van der Waals surface area contributed by atoms with E-state index in [0.717, 1.165) is 0 Å². The average Bonchev–Trinajstić information content (AvgIpc) is 3.16. The van der Waals surface area contributed by atoms with Gasteiger partial charge in [0, 0.05) is 32.8 Å². The van der Waals surface area contributed by atoms with Crippen LogP contribution in [-0.2, 0) is 19.5 Å². The maximum atomic E-state index is 12.8. The largest absolute Gasteiger partial charge is 0.383 e. The number of likely N-dealkylation sites (tertiary alicyclic amines) is 1. The highest BCUT2D eigenvalue weighted by atomic mass is 32.2. The van der Waals surface area contributed by atoms with Crippen LogP contribution in [0, 0.1) is 6.92 Å². The summed E-state index contributed by atoms with van der Waals surface area (Å²) >= 11 is 0. The van der Waals surface area contributed by atoms with E-state index in [0.29, 0.717) is 31.9 Å². The van der Waals surface area contributed by atoms with Crippen LogP contribution in [0.1, 0.15) is 22.7 Å². The Morgan fingerprint density at radius 2 is 2.28 bits per heavy atom. The van der Waals surface area contributed by atoms with E-state index in [9.17, 15) is 13.2 Å². The number of nitrogens with zero attached hydrogens (tertiary/aromatic N) is 3. The molecule has 4 rings (SSSR count). The Balaban J connectivity index is 1.58. The van der Waals surface area contributed by atoms with E-state index >= 15 is 0 Å². The maximum absolute atomic E-state index is 12.8. The summed E-state index contributed by atoms with van der Waals surface area (Å²) in [5.74, 6) is 0.308. The van der Waals surface area contributed by atoms with Crippen LogP contribution in [0.25, 0.3) is 0 Å². The molecule has 10 heteroatoms. The second kappa shape index (κ2) is 5.76. The number of fused-ring (bicyclic) bond motifs is 1. The summed E-state index contributed by atoms with van der Waals surface area (Å²) in [5.41, 5.74) is -0.631. The molecule has 2 bridgehead atoms. The summed E-state index contributed by atoms with van der Waals surface area (Å²) < 4.78 is 43.1. The molecule has 4 heterocycles.